The Labute approximate surface area is 204 Å². The molecule has 5 rings (SSSR count). The molecule has 33 heavy (non-hydrogen) atoms. The standard InChI is InChI=1S/C25H23IO7/c1-12(27)25(26)10-15-18(16(11-25)33-17-8-4-5-9-32-17)24(31)20-19(23(15)30)21(28)13-6-2-3-7-14(13)22(20)29/h2-3,6-7,16-17,30-31H,4-5,8-11H2,1H3/t16?,17-,25-/m0/s1. The Hall–Kier alpha value is -2.30. The summed E-state index contributed by atoms with van der Waals surface area (Å²) >= 11 is 2.06. The second-order valence-corrected chi connectivity index (χ2v) is 10.9. The minimum absolute atomic E-state index is 0.101. The summed E-state index contributed by atoms with van der Waals surface area (Å²) in [6, 6.07) is 6.35. The summed E-state index contributed by atoms with van der Waals surface area (Å²) in [6.07, 6.45) is 1.59. The first-order chi connectivity index (χ1) is 15.7. The molecule has 1 unspecified atom stereocenters. The van der Waals surface area contributed by atoms with Gasteiger partial charge in [0, 0.05) is 28.9 Å². The summed E-state index contributed by atoms with van der Waals surface area (Å²) in [5, 5.41) is 22.6. The van der Waals surface area contributed by atoms with E-state index in [9.17, 15) is 24.6 Å². The number of fused-ring (bicyclic) bond motifs is 3. The van der Waals surface area contributed by atoms with Gasteiger partial charge in [0.25, 0.3) is 0 Å². The Balaban J connectivity index is 1.71. The summed E-state index contributed by atoms with van der Waals surface area (Å²) in [4.78, 5) is 39.1. The van der Waals surface area contributed by atoms with Crippen molar-refractivity contribution in [3.8, 4) is 11.5 Å². The number of ketones is 3. The number of ether oxygens (including phenoxy) is 2. The van der Waals surface area contributed by atoms with Crippen LogP contribution in [-0.2, 0) is 20.7 Å². The second-order valence-electron chi connectivity index (χ2n) is 8.87. The number of alkyl halides is 1. The smallest absolute Gasteiger partial charge is 0.198 e. The SMILES string of the molecule is CC(=O)[C@]1(I)Cc2c(O)c3c(c(O)c2C(O[C@H]2CCCCO2)C1)C(=O)c1ccccc1C3=O. The minimum Gasteiger partial charge on any atom is -0.507 e. The van der Waals surface area contributed by atoms with Crippen LogP contribution in [0.5, 0.6) is 11.5 Å². The molecule has 0 radical (unpaired) electrons. The van der Waals surface area contributed by atoms with Crippen molar-refractivity contribution in [2.75, 3.05) is 6.61 Å². The van der Waals surface area contributed by atoms with Crippen LogP contribution >= 0.6 is 22.6 Å². The highest BCUT2D eigenvalue weighted by atomic mass is 127. The highest BCUT2D eigenvalue weighted by Crippen LogP contribution is 2.53. The van der Waals surface area contributed by atoms with Gasteiger partial charge in [0.05, 0.1) is 20.7 Å². The highest BCUT2D eigenvalue weighted by molar-refractivity contribution is 14.1. The first-order valence-electron chi connectivity index (χ1n) is 11.0. The zero-order chi connectivity index (χ0) is 23.5. The van der Waals surface area contributed by atoms with Crippen LogP contribution in [0.25, 0.3) is 0 Å². The molecule has 2 aliphatic carbocycles. The molecule has 1 aliphatic heterocycles. The molecule has 3 atom stereocenters. The van der Waals surface area contributed by atoms with Gasteiger partial charge in [0.15, 0.2) is 17.9 Å². The van der Waals surface area contributed by atoms with E-state index in [0.717, 1.165) is 12.8 Å². The Morgan fingerprint density at radius 1 is 1.09 bits per heavy atom. The number of carbonyl (C=O) groups is 3. The quantitative estimate of drug-likeness (QED) is 0.280. The van der Waals surface area contributed by atoms with Crippen molar-refractivity contribution < 1.29 is 34.1 Å². The number of phenols is 2. The Morgan fingerprint density at radius 3 is 2.30 bits per heavy atom. The monoisotopic (exact) mass is 562 g/mol. The average Bonchev–Trinajstić information content (AvgIpc) is 2.80. The van der Waals surface area contributed by atoms with E-state index in [1.54, 1.807) is 12.1 Å². The molecular weight excluding hydrogens is 539 g/mol. The molecule has 172 valence electrons. The third-order valence-corrected chi connectivity index (χ3v) is 8.41. The van der Waals surface area contributed by atoms with Gasteiger partial charge in [-0.3, -0.25) is 14.4 Å². The van der Waals surface area contributed by atoms with E-state index in [-0.39, 0.29) is 63.5 Å². The van der Waals surface area contributed by atoms with Crippen LogP contribution < -0.4 is 0 Å². The largest absolute Gasteiger partial charge is 0.507 e. The molecule has 3 aliphatic rings. The van der Waals surface area contributed by atoms with Crippen LogP contribution in [0.3, 0.4) is 0 Å². The number of hydrogen-bond acceptors (Lipinski definition) is 7. The zero-order valence-corrected chi connectivity index (χ0v) is 20.2. The van der Waals surface area contributed by atoms with Gasteiger partial charge < -0.3 is 19.7 Å². The van der Waals surface area contributed by atoms with Gasteiger partial charge in [-0.25, -0.2) is 0 Å². The van der Waals surface area contributed by atoms with Gasteiger partial charge in [0.1, 0.15) is 17.3 Å². The predicted octanol–water partition coefficient (Wildman–Crippen LogP) is 4.17. The maximum Gasteiger partial charge on any atom is 0.198 e. The number of benzene rings is 2. The first-order valence-corrected chi connectivity index (χ1v) is 12.1. The van der Waals surface area contributed by atoms with Crippen LogP contribution in [0.2, 0.25) is 0 Å². The lowest BCUT2D eigenvalue weighted by atomic mass is 9.74. The number of Topliss-reactive ketones (excluding diaryl/α,β-unsaturated/α-hetero) is 1. The van der Waals surface area contributed by atoms with Crippen molar-refractivity contribution in [2.45, 2.75) is 54.8 Å². The number of hydrogen-bond donors (Lipinski definition) is 2. The second kappa shape index (κ2) is 8.18. The fraction of sp³-hybridized carbons (Fsp3) is 0.400. The van der Waals surface area contributed by atoms with Gasteiger partial charge >= 0.3 is 0 Å². The summed E-state index contributed by atoms with van der Waals surface area (Å²) in [5.74, 6) is -1.90. The number of halogens is 1. The van der Waals surface area contributed by atoms with E-state index in [0.29, 0.717) is 13.0 Å². The van der Waals surface area contributed by atoms with Crippen molar-refractivity contribution >= 4 is 39.9 Å². The predicted molar refractivity (Wildman–Crippen MR) is 126 cm³/mol. The Morgan fingerprint density at radius 2 is 1.73 bits per heavy atom. The molecule has 0 amide bonds. The number of phenolic OH excluding ortho intramolecular Hbond substituents is 2. The lowest BCUT2D eigenvalue weighted by Crippen LogP contribution is -2.40. The van der Waals surface area contributed by atoms with Crippen molar-refractivity contribution in [2.24, 2.45) is 0 Å². The van der Waals surface area contributed by atoms with E-state index in [4.69, 9.17) is 9.47 Å². The molecule has 1 fully saturated rings. The normalized spacial score (nSPS) is 26.4. The van der Waals surface area contributed by atoms with Crippen molar-refractivity contribution in [3.63, 3.8) is 0 Å². The fourth-order valence-electron chi connectivity index (χ4n) is 5.04. The Kier molecular flexibility index (Phi) is 5.57. The average molecular weight is 562 g/mol. The van der Waals surface area contributed by atoms with Crippen molar-refractivity contribution in [1.29, 1.82) is 0 Å². The van der Waals surface area contributed by atoms with Gasteiger partial charge in [-0.1, -0.05) is 46.9 Å². The molecule has 7 nitrogen and oxygen atoms in total. The van der Waals surface area contributed by atoms with Crippen LogP contribution in [0.4, 0.5) is 0 Å². The van der Waals surface area contributed by atoms with E-state index >= 15 is 0 Å². The molecule has 0 saturated carbocycles. The van der Waals surface area contributed by atoms with Gasteiger partial charge in [0.2, 0.25) is 0 Å². The molecule has 0 bridgehead atoms. The first kappa shape index (κ1) is 22.5. The van der Waals surface area contributed by atoms with Crippen molar-refractivity contribution in [3.05, 3.63) is 57.6 Å². The topological polar surface area (TPSA) is 110 Å². The molecule has 1 heterocycles. The fourth-order valence-corrected chi connectivity index (χ4v) is 5.82. The molecule has 8 heteroatoms. The third kappa shape index (κ3) is 3.50. The lowest BCUT2D eigenvalue weighted by molar-refractivity contribution is -0.194. The molecule has 0 aromatic heterocycles. The third-order valence-electron chi connectivity index (χ3n) is 6.83. The van der Waals surface area contributed by atoms with Gasteiger partial charge in [-0.15, -0.1) is 0 Å². The molecule has 1 saturated heterocycles. The molecular formula is C25H23IO7. The van der Waals surface area contributed by atoms with Gasteiger partial charge in [-0.05, 0) is 39.0 Å². The molecule has 2 aromatic rings. The van der Waals surface area contributed by atoms with Crippen LogP contribution in [-0.4, -0.2) is 43.9 Å². The highest BCUT2D eigenvalue weighted by Gasteiger charge is 2.48. The van der Waals surface area contributed by atoms with E-state index in [2.05, 4.69) is 22.6 Å². The maximum atomic E-state index is 13.3. The van der Waals surface area contributed by atoms with Crippen LogP contribution in [0.15, 0.2) is 24.3 Å². The van der Waals surface area contributed by atoms with E-state index in [1.165, 1.54) is 19.1 Å². The summed E-state index contributed by atoms with van der Waals surface area (Å²) in [7, 11) is 0. The lowest BCUT2D eigenvalue weighted by Gasteiger charge is -2.40. The van der Waals surface area contributed by atoms with Crippen LogP contribution in [0, 0.1) is 0 Å². The Bertz CT molecular complexity index is 1200. The number of aromatic hydroxyl groups is 2. The minimum atomic E-state index is -0.901. The summed E-state index contributed by atoms with van der Waals surface area (Å²) in [6.45, 7) is 2.03. The molecule has 2 aromatic carbocycles. The van der Waals surface area contributed by atoms with Crippen LogP contribution in [0.1, 0.15) is 81.7 Å². The molecule has 2 N–H and O–H groups in total. The summed E-state index contributed by atoms with van der Waals surface area (Å²) in [5.41, 5.74) is 0.457. The maximum absolute atomic E-state index is 13.3. The molecule has 0 spiro atoms. The number of carbonyl (C=O) groups excluding carboxylic acids is 3. The van der Waals surface area contributed by atoms with Gasteiger partial charge in [-0.2, -0.15) is 0 Å². The summed E-state index contributed by atoms with van der Waals surface area (Å²) < 4.78 is 11.0. The zero-order valence-electron chi connectivity index (χ0n) is 18.0. The van der Waals surface area contributed by atoms with E-state index < -0.39 is 27.4 Å². The van der Waals surface area contributed by atoms with Crippen molar-refractivity contribution in [1.82, 2.24) is 0 Å². The number of rotatable bonds is 3. The van der Waals surface area contributed by atoms with E-state index in [1.807, 2.05) is 0 Å².